The van der Waals surface area contributed by atoms with E-state index < -0.39 is 0 Å². The fraction of sp³-hybridized carbons (Fsp3) is 0.0811. The van der Waals surface area contributed by atoms with E-state index in [4.69, 9.17) is 10.8 Å². The summed E-state index contributed by atoms with van der Waals surface area (Å²) in [6.07, 6.45) is 6.60. The van der Waals surface area contributed by atoms with Crippen LogP contribution in [0.25, 0.3) is 67.0 Å². The fourth-order valence-electron chi connectivity index (χ4n) is 6.43. The van der Waals surface area contributed by atoms with Gasteiger partial charge in [-0.25, -0.2) is 4.98 Å². The molecule has 0 saturated heterocycles. The molecule has 0 radical (unpaired) electrons. The van der Waals surface area contributed by atoms with Gasteiger partial charge < -0.3 is 10.4 Å². The minimum Gasteiger partial charge on any atom is -0.322 e. The second kappa shape index (κ2) is 10.0. The monoisotopic (exact) mass is 558 g/mol. The summed E-state index contributed by atoms with van der Waals surface area (Å²) in [5, 5.41) is 7.52. The van der Waals surface area contributed by atoms with E-state index in [1.54, 1.807) is 0 Å². The Kier molecular flexibility index (Phi) is 5.86. The van der Waals surface area contributed by atoms with E-state index in [1.807, 2.05) is 25.1 Å². The summed E-state index contributed by atoms with van der Waals surface area (Å²) >= 11 is 0. The number of amidine groups is 1. The first-order valence-electron chi connectivity index (χ1n) is 14.6. The highest BCUT2D eigenvalue weighted by molar-refractivity contribution is 6.14. The Balaban J connectivity index is 1.30. The van der Waals surface area contributed by atoms with Crippen LogP contribution in [0.15, 0.2) is 120 Å². The molecule has 6 heteroatoms. The van der Waals surface area contributed by atoms with Crippen LogP contribution >= 0.6 is 0 Å². The maximum atomic E-state index is 5.62. The molecule has 3 heterocycles. The van der Waals surface area contributed by atoms with Gasteiger partial charge in [0.15, 0.2) is 0 Å². The number of aromatic nitrogens is 3. The number of nitrogens with one attached hydrogen (secondary N) is 1. The summed E-state index contributed by atoms with van der Waals surface area (Å²) in [4.78, 5) is 4.98. The zero-order chi connectivity index (χ0) is 28.9. The highest BCUT2D eigenvalue weighted by Crippen LogP contribution is 2.39. The molecule has 0 atom stereocenters. The average Bonchev–Trinajstić information content (AvgIpc) is 3.56. The van der Waals surface area contributed by atoms with Gasteiger partial charge in [-0.05, 0) is 62.2 Å². The first kappa shape index (κ1) is 25.1. The van der Waals surface area contributed by atoms with Crippen LogP contribution in [0.4, 0.5) is 0 Å². The van der Waals surface area contributed by atoms with Crippen molar-refractivity contribution < 1.29 is 0 Å². The maximum Gasteiger partial charge on any atom is 0.137 e. The Morgan fingerprint density at radius 2 is 1.49 bits per heavy atom. The van der Waals surface area contributed by atoms with Crippen LogP contribution in [0.1, 0.15) is 24.6 Å². The van der Waals surface area contributed by atoms with E-state index in [2.05, 4.69) is 123 Å². The molecule has 8 rings (SSSR count). The Morgan fingerprint density at radius 3 is 2.28 bits per heavy atom. The van der Waals surface area contributed by atoms with Gasteiger partial charge in [-0.15, -0.1) is 0 Å². The molecule has 0 amide bonds. The average molecular weight is 559 g/mol. The first-order valence-corrected chi connectivity index (χ1v) is 14.6. The number of nitrogens with two attached hydrogens (primary N) is 1. The second-order valence-corrected chi connectivity index (χ2v) is 11.0. The van der Waals surface area contributed by atoms with E-state index in [9.17, 15) is 0 Å². The van der Waals surface area contributed by atoms with Gasteiger partial charge in [0.05, 0.1) is 27.9 Å². The van der Waals surface area contributed by atoms with Crippen molar-refractivity contribution in [3.05, 3.63) is 127 Å². The predicted octanol–water partition coefficient (Wildman–Crippen LogP) is 8.26. The molecule has 0 saturated carbocycles. The van der Waals surface area contributed by atoms with Crippen LogP contribution in [0.2, 0.25) is 0 Å². The molecule has 0 fully saturated rings. The fourth-order valence-corrected chi connectivity index (χ4v) is 6.43. The molecule has 4 aromatic carbocycles. The quantitative estimate of drug-likeness (QED) is 0.0988. The minimum atomic E-state index is 0.640. The van der Waals surface area contributed by atoms with Crippen LogP contribution in [0.5, 0.6) is 0 Å². The number of fused-ring (bicyclic) bond motifs is 6. The number of hydrogen-bond acceptors (Lipinski definition) is 3. The molecule has 7 aromatic rings. The number of hydrogen-bond donors (Lipinski definition) is 2. The lowest BCUT2D eigenvalue weighted by Crippen LogP contribution is -2.21. The summed E-state index contributed by atoms with van der Waals surface area (Å²) in [5.74, 6) is 6.26. The van der Waals surface area contributed by atoms with Crippen molar-refractivity contribution in [1.29, 1.82) is 0 Å². The van der Waals surface area contributed by atoms with Crippen LogP contribution in [0.3, 0.4) is 0 Å². The molecule has 1 aliphatic rings. The Hall–Kier alpha value is -5.62. The maximum absolute atomic E-state index is 5.62. The summed E-state index contributed by atoms with van der Waals surface area (Å²) in [5.41, 5.74) is 14.7. The highest BCUT2D eigenvalue weighted by atomic mass is 15.4. The predicted molar refractivity (Wildman–Crippen MR) is 179 cm³/mol. The van der Waals surface area contributed by atoms with Crippen LogP contribution in [-0.2, 0) is 6.42 Å². The van der Waals surface area contributed by atoms with Crippen molar-refractivity contribution in [2.45, 2.75) is 19.8 Å². The first-order chi connectivity index (χ1) is 21.2. The number of rotatable bonds is 4. The van der Waals surface area contributed by atoms with E-state index >= 15 is 0 Å². The Morgan fingerprint density at radius 1 is 0.744 bits per heavy atom. The highest BCUT2D eigenvalue weighted by Gasteiger charge is 2.22. The smallest absolute Gasteiger partial charge is 0.137 e. The number of hydrazone groups is 1. The zero-order valence-electron chi connectivity index (χ0n) is 23.8. The molecule has 6 nitrogen and oxygen atoms in total. The summed E-state index contributed by atoms with van der Waals surface area (Å²) in [6, 6.07) is 38.4. The number of pyridine rings is 1. The third kappa shape index (κ3) is 4.10. The lowest BCUT2D eigenvalue weighted by molar-refractivity contribution is 0.888. The van der Waals surface area contributed by atoms with Crippen LogP contribution < -0.4 is 11.3 Å². The van der Waals surface area contributed by atoms with Gasteiger partial charge in [0, 0.05) is 44.2 Å². The SMILES string of the molecule is C/C(=N/N)Nn1c2ccccc2c2cc3c4c(n(-c5ccc(-c6cccc(-c7ccccc7)n6)cc5)c3cc21)CCC=C4. The van der Waals surface area contributed by atoms with Gasteiger partial charge in [0.25, 0.3) is 0 Å². The number of benzene rings is 4. The standard InChI is InChI=1S/C37H30N6/c1-24(40-38)41-43-35-17-8-6-13-29(35)31-22-30-28-12-5-7-16-34(28)42(36(30)23-37(31)43)27-20-18-26(19-21-27)33-15-9-14-32(39-33)25-10-3-2-4-11-25/h2-6,8-15,17-23H,7,16,38H2,1H3,(H,40,41). The molecule has 0 bridgehead atoms. The van der Waals surface area contributed by atoms with Gasteiger partial charge in [0.1, 0.15) is 5.84 Å². The third-order valence-corrected chi connectivity index (χ3v) is 8.44. The normalized spacial score (nSPS) is 13.2. The number of para-hydroxylation sites is 1. The number of nitrogens with zero attached hydrogens (tertiary/aromatic N) is 4. The molecular weight excluding hydrogens is 528 g/mol. The molecule has 0 unspecified atom stereocenters. The summed E-state index contributed by atoms with van der Waals surface area (Å²) < 4.78 is 4.52. The molecule has 0 aliphatic heterocycles. The Bertz CT molecular complexity index is 2220. The van der Waals surface area contributed by atoms with Gasteiger partial charge >= 0.3 is 0 Å². The molecule has 3 aromatic heterocycles. The van der Waals surface area contributed by atoms with E-state index in [1.165, 1.54) is 32.9 Å². The minimum absolute atomic E-state index is 0.640. The van der Waals surface area contributed by atoms with Crippen LogP contribution in [-0.4, -0.2) is 20.1 Å². The van der Waals surface area contributed by atoms with Gasteiger partial charge in [0.2, 0.25) is 0 Å². The van der Waals surface area contributed by atoms with Gasteiger partial charge in [-0.3, -0.25) is 10.1 Å². The topological polar surface area (TPSA) is 73.2 Å². The van der Waals surface area contributed by atoms with Crippen molar-refractivity contribution >= 4 is 44.6 Å². The lowest BCUT2D eigenvalue weighted by Gasteiger charge is -2.14. The Labute approximate surface area is 249 Å². The van der Waals surface area contributed by atoms with Crippen molar-refractivity contribution in [2.75, 3.05) is 5.43 Å². The number of allylic oxidation sites excluding steroid dienone is 1. The molecule has 43 heavy (non-hydrogen) atoms. The molecule has 1 aliphatic carbocycles. The van der Waals surface area contributed by atoms with Crippen molar-refractivity contribution in [3.63, 3.8) is 0 Å². The zero-order valence-corrected chi connectivity index (χ0v) is 23.8. The van der Waals surface area contributed by atoms with Crippen molar-refractivity contribution in [2.24, 2.45) is 10.9 Å². The molecule has 0 spiro atoms. The lowest BCUT2D eigenvalue weighted by atomic mass is 10.0. The van der Waals surface area contributed by atoms with E-state index in [-0.39, 0.29) is 0 Å². The van der Waals surface area contributed by atoms with Gasteiger partial charge in [-0.2, -0.15) is 5.10 Å². The largest absolute Gasteiger partial charge is 0.322 e. The second-order valence-electron chi connectivity index (χ2n) is 11.0. The third-order valence-electron chi connectivity index (χ3n) is 8.44. The molecule has 208 valence electrons. The summed E-state index contributed by atoms with van der Waals surface area (Å²) in [6.45, 7) is 1.87. The van der Waals surface area contributed by atoms with Crippen molar-refractivity contribution in [3.8, 4) is 28.2 Å². The van der Waals surface area contributed by atoms with Gasteiger partial charge in [-0.1, -0.05) is 78.9 Å². The van der Waals surface area contributed by atoms with E-state index in [0.717, 1.165) is 52.1 Å². The summed E-state index contributed by atoms with van der Waals surface area (Å²) in [7, 11) is 0. The molecule has 3 N–H and O–H groups in total. The van der Waals surface area contributed by atoms with Crippen molar-refractivity contribution in [1.82, 2.24) is 14.2 Å². The molecular formula is C37H30N6. The van der Waals surface area contributed by atoms with E-state index in [0.29, 0.717) is 5.84 Å². The van der Waals surface area contributed by atoms with Crippen LogP contribution in [0, 0.1) is 0 Å².